The van der Waals surface area contributed by atoms with E-state index in [9.17, 15) is 14.9 Å². The van der Waals surface area contributed by atoms with E-state index < -0.39 is 11.0 Å². The number of aliphatic imine (C=N–C) groups is 1. The number of ether oxygens (including phenoxy) is 1. The number of aryl methyl sites for hydroxylation is 2. The molecule has 10 nitrogen and oxygen atoms in total. The molecule has 3 aromatic rings. The van der Waals surface area contributed by atoms with Crippen molar-refractivity contribution in [2.45, 2.75) is 26.3 Å². The van der Waals surface area contributed by atoms with Crippen molar-refractivity contribution < 1.29 is 14.5 Å². The first-order valence-corrected chi connectivity index (χ1v) is 11.1. The predicted molar refractivity (Wildman–Crippen MR) is 135 cm³/mol. The highest BCUT2D eigenvalue weighted by molar-refractivity contribution is 5.84. The van der Waals surface area contributed by atoms with Crippen molar-refractivity contribution in [1.29, 1.82) is 0 Å². The number of carbonyl (C=O) groups is 1. The van der Waals surface area contributed by atoms with Crippen molar-refractivity contribution in [1.82, 2.24) is 9.97 Å². The van der Waals surface area contributed by atoms with Crippen LogP contribution in [0.25, 0.3) is 0 Å². The quantitative estimate of drug-likeness (QED) is 0.197. The zero-order chi connectivity index (χ0) is 25.2. The topological polar surface area (TPSA) is 123 Å². The minimum atomic E-state index is -0.623. The lowest BCUT2D eigenvalue weighted by Gasteiger charge is -2.14. The van der Waals surface area contributed by atoms with Crippen LogP contribution in [0.1, 0.15) is 29.1 Å². The lowest BCUT2D eigenvalue weighted by atomic mass is 10.1. The first-order valence-electron chi connectivity index (χ1n) is 11.1. The van der Waals surface area contributed by atoms with E-state index in [2.05, 4.69) is 26.3 Å². The lowest BCUT2D eigenvalue weighted by Crippen LogP contribution is -2.15. The third-order valence-electron chi connectivity index (χ3n) is 4.92. The molecule has 182 valence electrons. The van der Waals surface area contributed by atoms with E-state index in [1.807, 2.05) is 56.4 Å². The van der Waals surface area contributed by atoms with E-state index in [4.69, 9.17) is 4.74 Å². The minimum Gasteiger partial charge on any atom is -0.449 e. The van der Waals surface area contributed by atoms with Gasteiger partial charge >= 0.3 is 6.09 Å². The van der Waals surface area contributed by atoms with Gasteiger partial charge in [0.2, 0.25) is 0 Å². The summed E-state index contributed by atoms with van der Waals surface area (Å²) in [5.74, 6) is 1.40. The molecule has 0 aliphatic rings. The molecule has 1 amide bonds. The molecule has 3 rings (SSSR count). The summed E-state index contributed by atoms with van der Waals surface area (Å²) in [5.41, 5.74) is 3.40. The van der Waals surface area contributed by atoms with Gasteiger partial charge in [-0.2, -0.15) is 0 Å². The molecule has 0 radical (unpaired) electrons. The van der Waals surface area contributed by atoms with Crippen molar-refractivity contribution in [3.63, 3.8) is 0 Å². The first-order chi connectivity index (χ1) is 16.8. The van der Waals surface area contributed by atoms with Crippen LogP contribution in [-0.4, -0.2) is 47.9 Å². The summed E-state index contributed by atoms with van der Waals surface area (Å²) < 4.78 is 5.22. The number of anilines is 2. The molecule has 0 unspecified atom stereocenters. The van der Waals surface area contributed by atoms with Crippen molar-refractivity contribution in [3.8, 4) is 0 Å². The normalized spacial score (nSPS) is 10.8. The number of rotatable bonds is 10. The van der Waals surface area contributed by atoms with Crippen LogP contribution in [0.15, 0.2) is 59.6 Å². The fourth-order valence-corrected chi connectivity index (χ4v) is 3.19. The molecule has 1 aromatic heterocycles. The van der Waals surface area contributed by atoms with Crippen LogP contribution in [-0.2, 0) is 17.7 Å². The van der Waals surface area contributed by atoms with Crippen molar-refractivity contribution in [3.05, 3.63) is 87.4 Å². The van der Waals surface area contributed by atoms with Gasteiger partial charge in [0.1, 0.15) is 5.82 Å². The van der Waals surface area contributed by atoms with Crippen LogP contribution < -0.4 is 10.2 Å². The number of nitro benzene ring substituents is 1. The predicted octanol–water partition coefficient (Wildman–Crippen LogP) is 4.56. The van der Waals surface area contributed by atoms with Crippen LogP contribution in [0.5, 0.6) is 0 Å². The Balaban J connectivity index is 1.51. The molecule has 2 aromatic carbocycles. The number of nitrogens with one attached hydrogen (secondary N) is 1. The highest BCUT2D eigenvalue weighted by Crippen LogP contribution is 2.16. The van der Waals surface area contributed by atoms with Crippen molar-refractivity contribution in [2.75, 3.05) is 30.9 Å². The van der Waals surface area contributed by atoms with E-state index in [0.717, 1.165) is 17.1 Å². The van der Waals surface area contributed by atoms with Gasteiger partial charge in [-0.1, -0.05) is 29.8 Å². The Morgan fingerprint density at radius 3 is 2.63 bits per heavy atom. The maximum atomic E-state index is 12.0. The number of nitrogens with zero attached hydrogens (tertiary/aromatic N) is 5. The highest BCUT2D eigenvalue weighted by atomic mass is 16.6. The van der Waals surface area contributed by atoms with Gasteiger partial charge in [-0.05, 0) is 37.5 Å². The number of non-ortho nitro benzene ring substituents is 1. The average molecular weight is 477 g/mol. The van der Waals surface area contributed by atoms with Crippen molar-refractivity contribution in [2.24, 2.45) is 4.99 Å². The summed E-state index contributed by atoms with van der Waals surface area (Å²) in [5, 5.41) is 13.3. The van der Waals surface area contributed by atoms with E-state index in [0.29, 0.717) is 30.9 Å². The first kappa shape index (κ1) is 25.3. The van der Waals surface area contributed by atoms with Gasteiger partial charge in [0.25, 0.3) is 5.69 Å². The highest BCUT2D eigenvalue weighted by Gasteiger charge is 2.09. The molecule has 0 aliphatic carbocycles. The van der Waals surface area contributed by atoms with E-state index >= 15 is 0 Å². The molecule has 10 heteroatoms. The second-order valence-corrected chi connectivity index (χ2v) is 8.08. The fraction of sp³-hybridized carbons (Fsp3) is 0.280. The van der Waals surface area contributed by atoms with Crippen LogP contribution in [0.4, 0.5) is 22.0 Å². The maximum absolute atomic E-state index is 12.0. The number of hydrogen-bond donors (Lipinski definition) is 1. The Labute approximate surface area is 203 Å². The second kappa shape index (κ2) is 12.2. The Hall–Kier alpha value is -4.34. The zero-order valence-electron chi connectivity index (χ0n) is 20.0. The number of amides is 1. The average Bonchev–Trinajstić information content (AvgIpc) is 2.82. The van der Waals surface area contributed by atoms with Crippen LogP contribution in [0.3, 0.4) is 0 Å². The van der Waals surface area contributed by atoms with E-state index in [1.54, 1.807) is 0 Å². The third-order valence-corrected chi connectivity index (χ3v) is 4.92. The number of hydrogen-bond acceptors (Lipinski definition) is 8. The largest absolute Gasteiger partial charge is 0.449 e. The summed E-state index contributed by atoms with van der Waals surface area (Å²) >= 11 is 0. The van der Waals surface area contributed by atoms with Gasteiger partial charge in [-0.3, -0.25) is 20.4 Å². The van der Waals surface area contributed by atoms with Gasteiger partial charge in [-0.15, -0.1) is 0 Å². The molecule has 1 heterocycles. The smallest absolute Gasteiger partial charge is 0.411 e. The minimum absolute atomic E-state index is 0.0499. The fourth-order valence-electron chi connectivity index (χ4n) is 3.19. The molecule has 35 heavy (non-hydrogen) atoms. The monoisotopic (exact) mass is 476 g/mol. The lowest BCUT2D eigenvalue weighted by molar-refractivity contribution is -0.384. The molecule has 0 fully saturated rings. The molecule has 0 bridgehead atoms. The third kappa shape index (κ3) is 8.18. The van der Waals surface area contributed by atoms with Gasteiger partial charge < -0.3 is 9.64 Å². The number of aromatic nitrogens is 2. The van der Waals surface area contributed by atoms with Gasteiger partial charge in [0, 0.05) is 49.9 Å². The Bertz CT molecular complexity index is 1190. The number of carbonyl (C=O) groups excluding carboxylic acids is 1. The SMILES string of the molecule is Cc1cccc(C=NCc2nc(CCCOC(=O)Nc3ccc([N+](=O)[O-])cc3)cc(N(C)C)n2)c1. The summed E-state index contributed by atoms with van der Waals surface area (Å²) in [6.07, 6.45) is 2.36. The summed E-state index contributed by atoms with van der Waals surface area (Å²) in [4.78, 5) is 37.8. The Kier molecular flexibility index (Phi) is 8.82. The van der Waals surface area contributed by atoms with Crippen LogP contribution in [0, 0.1) is 17.0 Å². The van der Waals surface area contributed by atoms with E-state index in [-0.39, 0.29) is 12.3 Å². The summed E-state index contributed by atoms with van der Waals surface area (Å²) in [7, 11) is 3.83. The van der Waals surface area contributed by atoms with Crippen LogP contribution >= 0.6 is 0 Å². The summed E-state index contributed by atoms with van der Waals surface area (Å²) in [6, 6.07) is 15.5. The second-order valence-electron chi connectivity index (χ2n) is 8.08. The van der Waals surface area contributed by atoms with Gasteiger partial charge in [0.05, 0.1) is 18.1 Å². The van der Waals surface area contributed by atoms with Gasteiger partial charge in [-0.25, -0.2) is 14.8 Å². The molecule has 1 N–H and O–H groups in total. The molecule has 0 spiro atoms. The molecule has 0 saturated carbocycles. The maximum Gasteiger partial charge on any atom is 0.411 e. The number of nitro groups is 1. The molecular formula is C25H28N6O4. The van der Waals surface area contributed by atoms with Crippen LogP contribution in [0.2, 0.25) is 0 Å². The van der Waals surface area contributed by atoms with Crippen molar-refractivity contribution >= 4 is 29.5 Å². The molecule has 0 aliphatic heterocycles. The zero-order valence-corrected chi connectivity index (χ0v) is 20.0. The van der Waals surface area contributed by atoms with Gasteiger partial charge in [0.15, 0.2) is 5.82 Å². The summed E-state index contributed by atoms with van der Waals surface area (Å²) in [6.45, 7) is 2.59. The Morgan fingerprint density at radius 1 is 1.17 bits per heavy atom. The Morgan fingerprint density at radius 2 is 1.94 bits per heavy atom. The molecule has 0 atom stereocenters. The molecular weight excluding hydrogens is 448 g/mol. The standard InChI is InChI=1S/C25H28N6O4/c1-18-6-4-7-19(14-18)16-26-17-23-27-21(15-24(29-23)30(2)3)8-5-13-35-25(32)28-20-9-11-22(12-10-20)31(33)34/h4,6-7,9-12,14-16H,5,8,13,17H2,1-3H3,(H,28,32). The molecule has 0 saturated heterocycles. The van der Waals surface area contributed by atoms with E-state index in [1.165, 1.54) is 29.8 Å². The number of benzene rings is 2.